The van der Waals surface area contributed by atoms with E-state index in [0.29, 0.717) is 5.69 Å². The second-order valence-electron chi connectivity index (χ2n) is 4.93. The minimum Gasteiger partial charge on any atom is -0.365 e. The molecule has 0 fully saturated rings. The molecule has 0 aliphatic carbocycles. The molecule has 5 nitrogen and oxygen atoms in total. The van der Waals surface area contributed by atoms with E-state index in [4.69, 9.17) is 5.73 Å². The zero-order valence-electron chi connectivity index (χ0n) is 11.9. The molecule has 2 N–H and O–H groups in total. The number of nitrogens with zero attached hydrogens (tertiary/aromatic N) is 3. The highest BCUT2D eigenvalue weighted by Gasteiger charge is 2.34. The van der Waals surface area contributed by atoms with Crippen molar-refractivity contribution in [3.8, 4) is 11.3 Å². The van der Waals surface area contributed by atoms with Crippen molar-refractivity contribution in [3.05, 3.63) is 53.3 Å². The number of carbonyl (C=O) groups is 1. The van der Waals surface area contributed by atoms with Crippen LogP contribution in [0.15, 0.2) is 36.5 Å². The van der Waals surface area contributed by atoms with Gasteiger partial charge in [0.2, 0.25) is 0 Å². The highest BCUT2D eigenvalue weighted by Crippen LogP contribution is 2.37. The lowest BCUT2D eigenvalue weighted by Gasteiger charge is -2.13. The maximum absolute atomic E-state index is 13.2. The summed E-state index contributed by atoms with van der Waals surface area (Å²) in [5.74, 6) is -0.730. The van der Waals surface area contributed by atoms with E-state index < -0.39 is 17.6 Å². The van der Waals surface area contributed by atoms with Gasteiger partial charge in [0.15, 0.2) is 5.65 Å². The van der Waals surface area contributed by atoms with Gasteiger partial charge in [-0.1, -0.05) is 18.2 Å². The lowest BCUT2D eigenvalue weighted by atomic mass is 10.0. The van der Waals surface area contributed by atoms with Crippen molar-refractivity contribution >= 4 is 11.6 Å². The summed E-state index contributed by atoms with van der Waals surface area (Å²) in [7, 11) is 0. The molecule has 2 aromatic heterocycles. The standard InChI is InChI=1S/C15H11F3N4O/c1-8-12(13(19)23)14-20-7-6-11(22(14)21-8)9-4-2-3-5-10(9)15(16,17)18/h2-7H,1H3,(H2,19,23). The van der Waals surface area contributed by atoms with Crippen LogP contribution in [0, 0.1) is 6.92 Å². The number of fused-ring (bicyclic) bond motifs is 1. The van der Waals surface area contributed by atoms with E-state index in [9.17, 15) is 18.0 Å². The maximum Gasteiger partial charge on any atom is 0.417 e. The molecule has 3 aromatic rings. The van der Waals surface area contributed by atoms with Crippen LogP contribution in [0.25, 0.3) is 16.9 Å². The molecule has 0 saturated heterocycles. The molecule has 3 rings (SSSR count). The van der Waals surface area contributed by atoms with Crippen LogP contribution in [-0.2, 0) is 6.18 Å². The van der Waals surface area contributed by atoms with Gasteiger partial charge in [0.1, 0.15) is 5.56 Å². The Morgan fingerprint density at radius 2 is 1.91 bits per heavy atom. The Balaban J connectivity index is 2.35. The number of benzene rings is 1. The molecule has 0 spiro atoms. The first-order valence-electron chi connectivity index (χ1n) is 6.61. The molecular formula is C15H11F3N4O. The van der Waals surface area contributed by atoms with Crippen LogP contribution in [0.2, 0.25) is 0 Å². The molecule has 0 saturated carbocycles. The van der Waals surface area contributed by atoms with E-state index in [1.165, 1.54) is 35.0 Å². The van der Waals surface area contributed by atoms with E-state index >= 15 is 0 Å². The van der Waals surface area contributed by atoms with Crippen LogP contribution >= 0.6 is 0 Å². The fourth-order valence-corrected chi connectivity index (χ4v) is 2.50. The molecule has 0 atom stereocenters. The molecule has 0 bridgehead atoms. The second kappa shape index (κ2) is 5.08. The summed E-state index contributed by atoms with van der Waals surface area (Å²) >= 11 is 0. The van der Waals surface area contributed by atoms with Gasteiger partial charge in [0, 0.05) is 11.8 Å². The van der Waals surface area contributed by atoms with Crippen molar-refractivity contribution in [1.82, 2.24) is 14.6 Å². The number of hydrogen-bond acceptors (Lipinski definition) is 3. The first-order valence-corrected chi connectivity index (χ1v) is 6.61. The van der Waals surface area contributed by atoms with Gasteiger partial charge in [-0.05, 0) is 19.1 Å². The van der Waals surface area contributed by atoms with Crippen LogP contribution in [-0.4, -0.2) is 20.5 Å². The van der Waals surface area contributed by atoms with Crippen LogP contribution in [0.5, 0.6) is 0 Å². The summed E-state index contributed by atoms with van der Waals surface area (Å²) in [5.41, 5.74) is 5.17. The van der Waals surface area contributed by atoms with E-state index in [2.05, 4.69) is 10.1 Å². The number of rotatable bonds is 2. The molecule has 0 radical (unpaired) electrons. The molecule has 8 heteroatoms. The summed E-state index contributed by atoms with van der Waals surface area (Å²) in [6.45, 7) is 1.55. The highest BCUT2D eigenvalue weighted by molar-refractivity contribution is 6.00. The molecule has 1 amide bonds. The number of aryl methyl sites for hydroxylation is 1. The quantitative estimate of drug-likeness (QED) is 0.789. The Morgan fingerprint density at radius 1 is 1.22 bits per heavy atom. The molecule has 1 aromatic carbocycles. The number of amides is 1. The third-order valence-electron chi connectivity index (χ3n) is 3.45. The number of hydrogen-bond donors (Lipinski definition) is 1. The van der Waals surface area contributed by atoms with Gasteiger partial charge < -0.3 is 5.73 Å². The Labute approximate surface area is 128 Å². The largest absolute Gasteiger partial charge is 0.417 e. The van der Waals surface area contributed by atoms with Gasteiger partial charge in [-0.2, -0.15) is 18.3 Å². The minimum absolute atomic E-state index is 0.0501. The molecule has 118 valence electrons. The third kappa shape index (κ3) is 2.41. The normalized spacial score (nSPS) is 11.8. The van der Waals surface area contributed by atoms with Gasteiger partial charge >= 0.3 is 6.18 Å². The summed E-state index contributed by atoms with van der Waals surface area (Å²) in [5, 5.41) is 4.12. The van der Waals surface area contributed by atoms with E-state index in [1.54, 1.807) is 6.92 Å². The zero-order valence-corrected chi connectivity index (χ0v) is 11.9. The fourth-order valence-electron chi connectivity index (χ4n) is 2.50. The van der Waals surface area contributed by atoms with Crippen LogP contribution in [0.4, 0.5) is 13.2 Å². The first kappa shape index (κ1) is 15.0. The van der Waals surface area contributed by atoms with E-state index in [0.717, 1.165) is 6.07 Å². The second-order valence-corrected chi connectivity index (χ2v) is 4.93. The summed E-state index contributed by atoms with van der Waals surface area (Å²) in [4.78, 5) is 15.5. The Kier molecular flexibility index (Phi) is 3.32. The van der Waals surface area contributed by atoms with Crippen LogP contribution in [0.1, 0.15) is 21.6 Å². The lowest BCUT2D eigenvalue weighted by molar-refractivity contribution is -0.137. The minimum atomic E-state index is -4.51. The number of primary amides is 1. The Bertz CT molecular complexity index is 915. The summed E-state index contributed by atoms with van der Waals surface area (Å²) in [6.07, 6.45) is -3.19. The molecule has 23 heavy (non-hydrogen) atoms. The lowest BCUT2D eigenvalue weighted by Crippen LogP contribution is -2.12. The van der Waals surface area contributed by atoms with Gasteiger partial charge in [-0.25, -0.2) is 9.50 Å². The SMILES string of the molecule is Cc1nn2c(-c3ccccc3C(F)(F)F)ccnc2c1C(N)=O. The Hall–Kier alpha value is -2.90. The third-order valence-corrected chi connectivity index (χ3v) is 3.45. The van der Waals surface area contributed by atoms with Gasteiger partial charge in [-0.3, -0.25) is 4.79 Å². The average Bonchev–Trinajstić information content (AvgIpc) is 2.82. The van der Waals surface area contributed by atoms with Gasteiger partial charge in [0.05, 0.1) is 17.0 Å². The maximum atomic E-state index is 13.2. The van der Waals surface area contributed by atoms with Crippen molar-refractivity contribution in [2.75, 3.05) is 0 Å². The van der Waals surface area contributed by atoms with Crippen LogP contribution in [0.3, 0.4) is 0 Å². The monoisotopic (exact) mass is 320 g/mol. The van der Waals surface area contributed by atoms with Crippen molar-refractivity contribution in [2.24, 2.45) is 5.73 Å². The molecular weight excluding hydrogens is 309 g/mol. The van der Waals surface area contributed by atoms with Crippen LogP contribution < -0.4 is 5.73 Å². The van der Waals surface area contributed by atoms with Crippen molar-refractivity contribution < 1.29 is 18.0 Å². The van der Waals surface area contributed by atoms with Gasteiger partial charge in [-0.15, -0.1) is 0 Å². The number of nitrogens with two attached hydrogens (primary N) is 1. The highest BCUT2D eigenvalue weighted by atomic mass is 19.4. The number of carbonyl (C=O) groups excluding carboxylic acids is 1. The summed E-state index contributed by atoms with van der Waals surface area (Å²) in [6, 6.07) is 6.57. The fraction of sp³-hybridized carbons (Fsp3) is 0.133. The number of alkyl halides is 3. The first-order chi connectivity index (χ1) is 10.8. The predicted molar refractivity (Wildman–Crippen MR) is 76.7 cm³/mol. The number of aromatic nitrogens is 3. The van der Waals surface area contributed by atoms with E-state index in [1.807, 2.05) is 0 Å². The smallest absolute Gasteiger partial charge is 0.365 e. The summed E-state index contributed by atoms with van der Waals surface area (Å²) < 4.78 is 40.9. The van der Waals surface area contributed by atoms with Crippen molar-refractivity contribution in [3.63, 3.8) is 0 Å². The van der Waals surface area contributed by atoms with Crippen molar-refractivity contribution in [2.45, 2.75) is 13.1 Å². The Morgan fingerprint density at radius 3 is 2.57 bits per heavy atom. The molecule has 0 aliphatic rings. The van der Waals surface area contributed by atoms with E-state index in [-0.39, 0.29) is 22.5 Å². The predicted octanol–water partition coefficient (Wildman–Crippen LogP) is 2.82. The zero-order chi connectivity index (χ0) is 16.8. The topological polar surface area (TPSA) is 73.3 Å². The average molecular weight is 320 g/mol. The molecule has 0 unspecified atom stereocenters. The van der Waals surface area contributed by atoms with Crippen molar-refractivity contribution in [1.29, 1.82) is 0 Å². The molecule has 0 aliphatic heterocycles. The molecule has 2 heterocycles. The number of halogens is 3. The van der Waals surface area contributed by atoms with Gasteiger partial charge in [0.25, 0.3) is 5.91 Å².